The van der Waals surface area contributed by atoms with E-state index in [1.807, 2.05) is 0 Å². The van der Waals surface area contributed by atoms with Crippen molar-refractivity contribution < 1.29 is 8.85 Å². The van der Waals surface area contributed by atoms with Crippen LogP contribution in [-0.2, 0) is 8.85 Å². The van der Waals surface area contributed by atoms with E-state index in [-0.39, 0.29) is 0 Å². The molecule has 3 heteroatoms. The van der Waals surface area contributed by atoms with Crippen molar-refractivity contribution in [2.75, 3.05) is 13.2 Å². The van der Waals surface area contributed by atoms with E-state index in [0.29, 0.717) is 0 Å². The molecule has 0 radical (unpaired) electrons. The molecule has 0 aromatic rings. The fourth-order valence-electron chi connectivity index (χ4n) is 2.19. The van der Waals surface area contributed by atoms with Gasteiger partial charge in [0.2, 0.25) is 0 Å². The second kappa shape index (κ2) is 14.8. The molecule has 0 saturated carbocycles. The van der Waals surface area contributed by atoms with Gasteiger partial charge in [-0.25, -0.2) is 0 Å². The predicted octanol–water partition coefficient (Wildman–Crippen LogP) is 6.22. The van der Waals surface area contributed by atoms with Crippen molar-refractivity contribution >= 4 is 8.56 Å². The zero-order valence-electron chi connectivity index (χ0n) is 15.0. The Morgan fingerprint density at radius 2 is 1.24 bits per heavy atom. The zero-order chi connectivity index (χ0) is 15.8. The van der Waals surface area contributed by atoms with Crippen LogP contribution in [0.5, 0.6) is 0 Å². The largest absolute Gasteiger partial charge is 0.395 e. The summed E-state index contributed by atoms with van der Waals surface area (Å²) < 4.78 is 11.9. The zero-order valence-corrected chi connectivity index (χ0v) is 16.0. The molecule has 2 nitrogen and oxygen atoms in total. The average molecular weight is 315 g/mol. The third-order valence-corrected chi connectivity index (χ3v) is 5.37. The minimum atomic E-state index is -1.89. The second-order valence-corrected chi connectivity index (χ2v) is 9.64. The number of allylic oxidation sites excluding steroid dienone is 1. The molecule has 0 saturated heterocycles. The van der Waals surface area contributed by atoms with Crippen LogP contribution in [0.3, 0.4) is 0 Å². The standard InChI is InChI=1S/C18H38O2Si/c1-5-7-9-11-12-14-16-18-20-21(3,4)19-17-15-13-10-8-6-2/h12,14H,5-11,13,15-18H2,1-4H3/b14-12+. The molecule has 21 heavy (non-hydrogen) atoms. The lowest BCUT2D eigenvalue weighted by Crippen LogP contribution is -2.35. The minimum absolute atomic E-state index is 0.805. The Morgan fingerprint density at radius 3 is 1.95 bits per heavy atom. The summed E-state index contributed by atoms with van der Waals surface area (Å²) in [7, 11) is -1.89. The molecular weight excluding hydrogens is 276 g/mol. The van der Waals surface area contributed by atoms with Crippen LogP contribution in [0, 0.1) is 0 Å². The van der Waals surface area contributed by atoms with E-state index >= 15 is 0 Å². The SMILES string of the molecule is CCCCC/C=C/CCO[Si](C)(C)OCCCCCCC. The second-order valence-electron chi connectivity index (χ2n) is 6.27. The maximum absolute atomic E-state index is 5.96. The number of rotatable bonds is 15. The van der Waals surface area contributed by atoms with Gasteiger partial charge < -0.3 is 8.85 Å². The van der Waals surface area contributed by atoms with Crippen LogP contribution in [0.25, 0.3) is 0 Å². The van der Waals surface area contributed by atoms with Crippen molar-refractivity contribution in [1.29, 1.82) is 0 Å². The summed E-state index contributed by atoms with van der Waals surface area (Å²) in [4.78, 5) is 0. The van der Waals surface area contributed by atoms with Gasteiger partial charge >= 0.3 is 8.56 Å². The third-order valence-electron chi connectivity index (χ3n) is 3.57. The molecule has 0 aromatic heterocycles. The molecule has 0 heterocycles. The molecule has 126 valence electrons. The highest BCUT2D eigenvalue weighted by molar-refractivity contribution is 6.64. The Bertz CT molecular complexity index is 239. The van der Waals surface area contributed by atoms with Gasteiger partial charge in [-0.15, -0.1) is 0 Å². The summed E-state index contributed by atoms with van der Waals surface area (Å²) in [5.41, 5.74) is 0. The van der Waals surface area contributed by atoms with Crippen LogP contribution < -0.4 is 0 Å². The van der Waals surface area contributed by atoms with Gasteiger partial charge in [0.05, 0.1) is 0 Å². The molecule has 0 rings (SSSR count). The Kier molecular flexibility index (Phi) is 14.7. The van der Waals surface area contributed by atoms with Crippen molar-refractivity contribution in [2.24, 2.45) is 0 Å². The summed E-state index contributed by atoms with van der Waals surface area (Å²) in [6, 6.07) is 0. The molecule has 0 aromatic carbocycles. The fourth-order valence-corrected chi connectivity index (χ4v) is 3.51. The Hall–Kier alpha value is -0.123. The van der Waals surface area contributed by atoms with Gasteiger partial charge in [0, 0.05) is 13.2 Å². The molecule has 0 atom stereocenters. The molecule has 0 fully saturated rings. The van der Waals surface area contributed by atoms with Gasteiger partial charge in [-0.2, -0.15) is 0 Å². The summed E-state index contributed by atoms with van der Waals surface area (Å²) in [5, 5.41) is 0. The van der Waals surface area contributed by atoms with Crippen molar-refractivity contribution in [2.45, 2.75) is 91.1 Å². The Labute approximate surface area is 134 Å². The summed E-state index contributed by atoms with van der Waals surface area (Å²) in [6.45, 7) is 10.5. The van der Waals surface area contributed by atoms with E-state index in [2.05, 4.69) is 39.1 Å². The van der Waals surface area contributed by atoms with E-state index < -0.39 is 8.56 Å². The van der Waals surface area contributed by atoms with Crippen molar-refractivity contribution in [3.63, 3.8) is 0 Å². The lowest BCUT2D eigenvalue weighted by Gasteiger charge is -2.22. The molecule has 0 unspecified atom stereocenters. The smallest absolute Gasteiger partial charge is 0.331 e. The van der Waals surface area contributed by atoms with Crippen molar-refractivity contribution in [3.05, 3.63) is 12.2 Å². The predicted molar refractivity (Wildman–Crippen MR) is 96.0 cm³/mol. The van der Waals surface area contributed by atoms with E-state index in [1.54, 1.807) is 0 Å². The maximum Gasteiger partial charge on any atom is 0.331 e. The molecule has 0 amide bonds. The van der Waals surface area contributed by atoms with E-state index in [4.69, 9.17) is 8.85 Å². The van der Waals surface area contributed by atoms with Gasteiger partial charge in [-0.3, -0.25) is 0 Å². The van der Waals surface area contributed by atoms with Crippen LogP contribution in [0.15, 0.2) is 12.2 Å². The monoisotopic (exact) mass is 314 g/mol. The van der Waals surface area contributed by atoms with Crippen LogP contribution in [0.4, 0.5) is 0 Å². The lowest BCUT2D eigenvalue weighted by atomic mass is 10.2. The quantitative estimate of drug-likeness (QED) is 0.203. The summed E-state index contributed by atoms with van der Waals surface area (Å²) in [6.07, 6.45) is 17.2. The van der Waals surface area contributed by atoms with Crippen molar-refractivity contribution in [3.8, 4) is 0 Å². The molecule has 0 aliphatic rings. The highest BCUT2D eigenvalue weighted by atomic mass is 28.4. The van der Waals surface area contributed by atoms with Crippen molar-refractivity contribution in [1.82, 2.24) is 0 Å². The molecule has 0 aliphatic heterocycles. The lowest BCUT2D eigenvalue weighted by molar-refractivity contribution is 0.178. The molecule has 0 N–H and O–H groups in total. The Balaban J connectivity index is 3.45. The third kappa shape index (κ3) is 16.1. The summed E-state index contributed by atoms with van der Waals surface area (Å²) in [5.74, 6) is 0. The average Bonchev–Trinajstić information content (AvgIpc) is 2.45. The van der Waals surface area contributed by atoms with Crippen LogP contribution in [0.2, 0.25) is 13.1 Å². The molecule has 0 spiro atoms. The van der Waals surface area contributed by atoms with Gasteiger partial charge in [0.25, 0.3) is 0 Å². The first-order chi connectivity index (χ1) is 10.1. The van der Waals surface area contributed by atoms with Gasteiger partial charge in [0.1, 0.15) is 0 Å². The topological polar surface area (TPSA) is 18.5 Å². The fraction of sp³-hybridized carbons (Fsp3) is 0.889. The highest BCUT2D eigenvalue weighted by Gasteiger charge is 2.23. The van der Waals surface area contributed by atoms with Crippen LogP contribution in [0.1, 0.15) is 78.1 Å². The molecular formula is C18H38O2Si. The van der Waals surface area contributed by atoms with E-state index in [1.165, 1.54) is 57.8 Å². The Morgan fingerprint density at radius 1 is 0.667 bits per heavy atom. The first kappa shape index (κ1) is 20.9. The van der Waals surface area contributed by atoms with Gasteiger partial charge in [-0.1, -0.05) is 64.5 Å². The maximum atomic E-state index is 5.96. The number of unbranched alkanes of at least 4 members (excludes halogenated alkanes) is 7. The number of hydrogen-bond donors (Lipinski definition) is 0. The summed E-state index contributed by atoms with van der Waals surface area (Å²) >= 11 is 0. The normalized spacial score (nSPS) is 12.4. The minimum Gasteiger partial charge on any atom is -0.395 e. The van der Waals surface area contributed by atoms with Crippen LogP contribution >= 0.6 is 0 Å². The van der Waals surface area contributed by atoms with Gasteiger partial charge in [-0.05, 0) is 38.8 Å². The highest BCUT2D eigenvalue weighted by Crippen LogP contribution is 2.10. The first-order valence-electron chi connectivity index (χ1n) is 9.05. The first-order valence-corrected chi connectivity index (χ1v) is 11.9. The molecule has 0 bridgehead atoms. The van der Waals surface area contributed by atoms with E-state index in [0.717, 1.165) is 19.6 Å². The van der Waals surface area contributed by atoms with Crippen LogP contribution in [-0.4, -0.2) is 21.8 Å². The van der Waals surface area contributed by atoms with Gasteiger partial charge in [0.15, 0.2) is 0 Å². The van der Waals surface area contributed by atoms with E-state index in [9.17, 15) is 0 Å². The number of hydrogen-bond acceptors (Lipinski definition) is 2. The molecule has 0 aliphatic carbocycles.